The van der Waals surface area contributed by atoms with Gasteiger partial charge in [0.1, 0.15) is 0 Å². The van der Waals surface area contributed by atoms with Crippen LogP contribution in [0.4, 0.5) is 15.8 Å². The summed E-state index contributed by atoms with van der Waals surface area (Å²) >= 11 is 0. The number of phenols is 1. The number of ether oxygens (including phenoxy) is 1. The maximum absolute atomic E-state index is 13.7. The molecule has 1 aliphatic carbocycles. The van der Waals surface area contributed by atoms with E-state index in [0.717, 1.165) is 24.8 Å². The highest BCUT2D eigenvalue weighted by atomic mass is 19.1. The number of phenolic OH excluding ortho intramolecular Hbond substituents is 1. The van der Waals surface area contributed by atoms with E-state index < -0.39 is 17.5 Å². The number of benzene rings is 2. The zero-order chi connectivity index (χ0) is 18.3. The molecule has 5 nitrogen and oxygen atoms in total. The Bertz CT molecular complexity index is 847. The Kier molecular flexibility index (Phi) is 3.98. The molecule has 2 fully saturated rings. The molecule has 1 saturated carbocycles. The molecule has 26 heavy (non-hydrogen) atoms. The van der Waals surface area contributed by atoms with Crippen molar-refractivity contribution in [3.05, 3.63) is 47.8 Å². The molecule has 2 N–H and O–H groups in total. The minimum Gasteiger partial charge on any atom is -0.502 e. The first-order valence-corrected chi connectivity index (χ1v) is 8.73. The third-order valence-electron chi connectivity index (χ3n) is 5.40. The number of anilines is 2. The standard InChI is InChI=1S/C20H21FN2O3/c1-26-17-11-13(10-16(21)18(17)24)19(25)22-14-2-4-15(5-3-14)23-9-8-20(12-23)6-7-20/h2-5,10-11,24H,6-9,12H2,1H3,(H,22,25). The summed E-state index contributed by atoms with van der Waals surface area (Å²) in [6.07, 6.45) is 3.94. The van der Waals surface area contributed by atoms with Crippen LogP contribution in [0.25, 0.3) is 0 Å². The molecular formula is C20H21FN2O3. The Morgan fingerprint density at radius 3 is 2.58 bits per heavy atom. The molecule has 6 heteroatoms. The largest absolute Gasteiger partial charge is 0.502 e. The average molecular weight is 356 g/mol. The summed E-state index contributed by atoms with van der Waals surface area (Å²) in [7, 11) is 1.30. The predicted octanol–water partition coefficient (Wildman–Crippen LogP) is 3.78. The molecule has 1 heterocycles. The molecule has 0 unspecified atom stereocenters. The van der Waals surface area contributed by atoms with Crippen molar-refractivity contribution in [2.45, 2.75) is 19.3 Å². The molecule has 0 atom stereocenters. The minimum atomic E-state index is -0.895. The van der Waals surface area contributed by atoms with Gasteiger partial charge in [0, 0.05) is 30.0 Å². The van der Waals surface area contributed by atoms with E-state index in [1.54, 1.807) is 0 Å². The normalized spacial score (nSPS) is 17.4. The van der Waals surface area contributed by atoms with Crippen LogP contribution in [0.2, 0.25) is 0 Å². The van der Waals surface area contributed by atoms with Gasteiger partial charge in [0.2, 0.25) is 0 Å². The predicted molar refractivity (Wildman–Crippen MR) is 97.5 cm³/mol. The number of methoxy groups -OCH3 is 1. The Labute approximate surface area is 151 Å². The van der Waals surface area contributed by atoms with Gasteiger partial charge >= 0.3 is 0 Å². The molecule has 0 aromatic heterocycles. The number of hydrogen-bond acceptors (Lipinski definition) is 4. The topological polar surface area (TPSA) is 61.8 Å². The van der Waals surface area contributed by atoms with E-state index in [1.165, 1.54) is 32.4 Å². The number of hydrogen-bond donors (Lipinski definition) is 2. The highest BCUT2D eigenvalue weighted by Gasteiger charge is 2.47. The van der Waals surface area contributed by atoms with Crippen molar-refractivity contribution in [2.75, 3.05) is 30.4 Å². The second kappa shape index (κ2) is 6.20. The van der Waals surface area contributed by atoms with Crippen LogP contribution in [0.15, 0.2) is 36.4 Å². The van der Waals surface area contributed by atoms with Crippen LogP contribution in [-0.4, -0.2) is 31.2 Å². The Morgan fingerprint density at radius 2 is 1.96 bits per heavy atom. The molecule has 0 radical (unpaired) electrons. The second-order valence-corrected chi connectivity index (χ2v) is 7.18. The molecular weight excluding hydrogens is 335 g/mol. The number of aromatic hydroxyl groups is 1. The van der Waals surface area contributed by atoms with Crippen molar-refractivity contribution in [3.8, 4) is 11.5 Å². The van der Waals surface area contributed by atoms with Crippen LogP contribution in [0.3, 0.4) is 0 Å². The van der Waals surface area contributed by atoms with Crippen molar-refractivity contribution in [1.29, 1.82) is 0 Å². The van der Waals surface area contributed by atoms with E-state index in [0.29, 0.717) is 11.1 Å². The lowest BCUT2D eigenvalue weighted by molar-refractivity contribution is 0.102. The van der Waals surface area contributed by atoms with Gasteiger partial charge in [0.05, 0.1) is 7.11 Å². The fraction of sp³-hybridized carbons (Fsp3) is 0.350. The number of halogens is 1. The van der Waals surface area contributed by atoms with Crippen LogP contribution in [0, 0.1) is 11.2 Å². The third-order valence-corrected chi connectivity index (χ3v) is 5.40. The first-order valence-electron chi connectivity index (χ1n) is 8.73. The summed E-state index contributed by atoms with van der Waals surface area (Å²) in [6.45, 7) is 2.20. The molecule has 1 saturated heterocycles. The van der Waals surface area contributed by atoms with E-state index >= 15 is 0 Å². The zero-order valence-electron chi connectivity index (χ0n) is 14.6. The van der Waals surface area contributed by atoms with Gasteiger partial charge in [-0.05, 0) is 61.1 Å². The van der Waals surface area contributed by atoms with Crippen LogP contribution in [-0.2, 0) is 0 Å². The lowest BCUT2D eigenvalue weighted by atomic mass is 10.1. The molecule has 1 spiro atoms. The van der Waals surface area contributed by atoms with Gasteiger partial charge in [-0.25, -0.2) is 4.39 Å². The second-order valence-electron chi connectivity index (χ2n) is 7.18. The van der Waals surface area contributed by atoms with Gasteiger partial charge in [0.15, 0.2) is 17.3 Å². The Morgan fingerprint density at radius 1 is 1.23 bits per heavy atom. The summed E-state index contributed by atoms with van der Waals surface area (Å²) < 4.78 is 18.6. The summed E-state index contributed by atoms with van der Waals surface area (Å²) in [4.78, 5) is 14.7. The first kappa shape index (κ1) is 16.7. The monoisotopic (exact) mass is 356 g/mol. The molecule has 4 rings (SSSR count). The highest BCUT2D eigenvalue weighted by molar-refractivity contribution is 6.04. The van der Waals surface area contributed by atoms with E-state index in [-0.39, 0.29) is 11.3 Å². The molecule has 2 aliphatic rings. The summed E-state index contributed by atoms with van der Waals surface area (Å²) in [6, 6.07) is 9.98. The molecule has 1 amide bonds. The molecule has 136 valence electrons. The van der Waals surface area contributed by atoms with Gasteiger partial charge in [-0.15, -0.1) is 0 Å². The van der Waals surface area contributed by atoms with E-state index in [4.69, 9.17) is 4.74 Å². The van der Waals surface area contributed by atoms with E-state index in [1.807, 2.05) is 24.3 Å². The number of amides is 1. The van der Waals surface area contributed by atoms with Gasteiger partial charge in [-0.3, -0.25) is 4.79 Å². The van der Waals surface area contributed by atoms with Crippen LogP contribution >= 0.6 is 0 Å². The van der Waals surface area contributed by atoms with Crippen molar-refractivity contribution < 1.29 is 19.0 Å². The quantitative estimate of drug-likeness (QED) is 0.875. The Hall–Kier alpha value is -2.76. The van der Waals surface area contributed by atoms with E-state index in [9.17, 15) is 14.3 Å². The highest BCUT2D eigenvalue weighted by Crippen LogP contribution is 2.53. The van der Waals surface area contributed by atoms with Crippen molar-refractivity contribution in [3.63, 3.8) is 0 Å². The summed E-state index contributed by atoms with van der Waals surface area (Å²) in [5.41, 5.74) is 2.43. The maximum atomic E-state index is 13.7. The van der Waals surface area contributed by atoms with Crippen LogP contribution in [0.1, 0.15) is 29.6 Å². The molecule has 0 bridgehead atoms. The smallest absolute Gasteiger partial charge is 0.255 e. The molecule has 2 aromatic carbocycles. The number of nitrogens with one attached hydrogen (secondary N) is 1. The van der Waals surface area contributed by atoms with Gasteiger partial charge in [0.25, 0.3) is 5.91 Å². The number of carbonyl (C=O) groups is 1. The maximum Gasteiger partial charge on any atom is 0.255 e. The van der Waals surface area contributed by atoms with Crippen LogP contribution < -0.4 is 15.0 Å². The molecule has 1 aliphatic heterocycles. The first-order chi connectivity index (χ1) is 12.5. The summed E-state index contributed by atoms with van der Waals surface area (Å²) in [5.74, 6) is -2.04. The fourth-order valence-electron chi connectivity index (χ4n) is 3.56. The SMILES string of the molecule is COc1cc(C(=O)Nc2ccc(N3CCC4(CC4)C3)cc2)cc(F)c1O. The zero-order valence-corrected chi connectivity index (χ0v) is 14.6. The van der Waals surface area contributed by atoms with Crippen molar-refractivity contribution >= 4 is 17.3 Å². The number of rotatable bonds is 4. The third kappa shape index (κ3) is 3.07. The van der Waals surface area contributed by atoms with Crippen LogP contribution in [0.5, 0.6) is 11.5 Å². The van der Waals surface area contributed by atoms with Gasteiger partial charge in [-0.2, -0.15) is 0 Å². The Balaban J connectivity index is 1.45. The van der Waals surface area contributed by atoms with Crippen molar-refractivity contribution in [2.24, 2.45) is 5.41 Å². The fourth-order valence-corrected chi connectivity index (χ4v) is 3.56. The van der Waals surface area contributed by atoms with Gasteiger partial charge in [-0.1, -0.05) is 0 Å². The lowest BCUT2D eigenvalue weighted by Crippen LogP contribution is -2.20. The average Bonchev–Trinajstić information content (AvgIpc) is 3.27. The minimum absolute atomic E-state index is 0.0754. The number of carbonyl (C=O) groups excluding carboxylic acids is 1. The number of nitrogens with zero attached hydrogens (tertiary/aromatic N) is 1. The summed E-state index contributed by atoms with van der Waals surface area (Å²) in [5, 5.41) is 12.3. The van der Waals surface area contributed by atoms with Gasteiger partial charge < -0.3 is 20.1 Å². The molecule has 2 aromatic rings. The van der Waals surface area contributed by atoms with E-state index in [2.05, 4.69) is 10.2 Å². The van der Waals surface area contributed by atoms with Crippen molar-refractivity contribution in [1.82, 2.24) is 0 Å². The lowest BCUT2D eigenvalue weighted by Gasteiger charge is -2.19.